The highest BCUT2D eigenvalue weighted by Gasteiger charge is 2.17. The van der Waals surface area contributed by atoms with Crippen molar-refractivity contribution in [2.24, 2.45) is 0 Å². The molecule has 7 heteroatoms. The van der Waals surface area contributed by atoms with Gasteiger partial charge in [0, 0.05) is 44.9 Å². The summed E-state index contributed by atoms with van der Waals surface area (Å²) in [4.78, 5) is 26.1. The molecule has 0 aliphatic carbocycles. The summed E-state index contributed by atoms with van der Waals surface area (Å²) in [5.74, 6) is 0.126. The molecule has 0 aromatic heterocycles. The molecule has 0 bridgehead atoms. The molecule has 0 atom stereocenters. The Kier molecular flexibility index (Phi) is 5.24. The van der Waals surface area contributed by atoms with Gasteiger partial charge >= 0.3 is 0 Å². The van der Waals surface area contributed by atoms with Gasteiger partial charge in [-0.2, -0.15) is 0 Å². The average molecular weight is 292 g/mol. The van der Waals surface area contributed by atoms with Gasteiger partial charge < -0.3 is 10.2 Å². The van der Waals surface area contributed by atoms with E-state index < -0.39 is 4.92 Å². The van der Waals surface area contributed by atoms with Crippen molar-refractivity contribution in [3.63, 3.8) is 0 Å². The molecule has 1 N–H and O–H groups in total. The number of nitrogens with zero attached hydrogens (tertiary/aromatic N) is 3. The van der Waals surface area contributed by atoms with Gasteiger partial charge in [0.25, 0.3) is 5.69 Å². The minimum atomic E-state index is -0.415. The lowest BCUT2D eigenvalue weighted by molar-refractivity contribution is -0.384. The number of hydrogen-bond acceptors (Lipinski definition) is 5. The highest BCUT2D eigenvalue weighted by Crippen LogP contribution is 2.13. The van der Waals surface area contributed by atoms with Crippen LogP contribution in [0, 0.1) is 10.1 Å². The van der Waals surface area contributed by atoms with Gasteiger partial charge in [-0.05, 0) is 12.6 Å². The van der Waals surface area contributed by atoms with E-state index in [4.69, 9.17) is 0 Å². The van der Waals surface area contributed by atoms with Crippen LogP contribution in [0.1, 0.15) is 5.56 Å². The number of carbonyl (C=O) groups is 1. The Hall–Kier alpha value is -1.99. The monoisotopic (exact) mass is 292 g/mol. The number of nitro benzene ring substituents is 1. The summed E-state index contributed by atoms with van der Waals surface area (Å²) in [6, 6.07) is 6.43. The van der Waals surface area contributed by atoms with Crippen molar-refractivity contribution in [1.82, 2.24) is 15.1 Å². The minimum Gasteiger partial charge on any atom is -0.339 e. The normalized spacial score (nSPS) is 15.2. The fourth-order valence-electron chi connectivity index (χ4n) is 2.34. The molecule has 2 rings (SSSR count). The number of nitro groups is 1. The van der Waals surface area contributed by atoms with Crippen LogP contribution in [0.2, 0.25) is 0 Å². The van der Waals surface area contributed by atoms with Crippen LogP contribution >= 0.6 is 0 Å². The Balaban J connectivity index is 1.84. The molecule has 0 radical (unpaired) electrons. The molecule has 1 aromatic carbocycles. The number of hydrogen-bond donors (Lipinski definition) is 1. The Labute approximate surface area is 123 Å². The van der Waals surface area contributed by atoms with Gasteiger partial charge in [-0.25, -0.2) is 0 Å². The SMILES string of the molecule is CN(CC(=O)N1CCNCC1)Cc1ccc([N+](=O)[O-])cc1. The first-order valence-corrected chi connectivity index (χ1v) is 6.96. The van der Waals surface area contributed by atoms with Crippen molar-refractivity contribution in [3.05, 3.63) is 39.9 Å². The van der Waals surface area contributed by atoms with Gasteiger partial charge in [0.15, 0.2) is 0 Å². The zero-order chi connectivity index (χ0) is 15.2. The van der Waals surface area contributed by atoms with Crippen molar-refractivity contribution in [2.75, 3.05) is 39.8 Å². The first kappa shape index (κ1) is 15.4. The van der Waals surface area contributed by atoms with Gasteiger partial charge in [-0.1, -0.05) is 12.1 Å². The van der Waals surface area contributed by atoms with Crippen LogP contribution in [-0.4, -0.2) is 60.4 Å². The average Bonchev–Trinajstić information content (AvgIpc) is 2.48. The van der Waals surface area contributed by atoms with Crippen LogP contribution in [0.25, 0.3) is 0 Å². The summed E-state index contributed by atoms with van der Waals surface area (Å²) < 4.78 is 0. The molecule has 114 valence electrons. The molecule has 1 fully saturated rings. The number of nitrogens with one attached hydrogen (secondary N) is 1. The molecule has 21 heavy (non-hydrogen) atoms. The second kappa shape index (κ2) is 7.14. The first-order chi connectivity index (χ1) is 10.1. The van der Waals surface area contributed by atoms with E-state index in [1.807, 2.05) is 16.8 Å². The van der Waals surface area contributed by atoms with Gasteiger partial charge in [-0.15, -0.1) is 0 Å². The molecule has 0 saturated carbocycles. The molecule has 1 amide bonds. The summed E-state index contributed by atoms with van der Waals surface area (Å²) in [5.41, 5.74) is 1.04. The fourth-order valence-corrected chi connectivity index (χ4v) is 2.34. The number of piperazine rings is 1. The van der Waals surface area contributed by atoms with Crippen LogP contribution in [0.15, 0.2) is 24.3 Å². The van der Waals surface area contributed by atoms with E-state index in [1.165, 1.54) is 12.1 Å². The highest BCUT2D eigenvalue weighted by molar-refractivity contribution is 5.78. The molecule has 0 unspecified atom stereocenters. The van der Waals surface area contributed by atoms with Crippen LogP contribution in [0.4, 0.5) is 5.69 Å². The third-order valence-corrected chi connectivity index (χ3v) is 3.47. The van der Waals surface area contributed by atoms with E-state index in [0.717, 1.165) is 31.7 Å². The summed E-state index contributed by atoms with van der Waals surface area (Å²) in [6.07, 6.45) is 0. The molecule has 7 nitrogen and oxygen atoms in total. The fraction of sp³-hybridized carbons (Fsp3) is 0.500. The zero-order valence-electron chi connectivity index (χ0n) is 12.1. The molecular weight excluding hydrogens is 272 g/mol. The van der Waals surface area contributed by atoms with Crippen LogP contribution in [0.3, 0.4) is 0 Å². The van der Waals surface area contributed by atoms with Crippen molar-refractivity contribution in [1.29, 1.82) is 0 Å². The maximum absolute atomic E-state index is 12.1. The van der Waals surface area contributed by atoms with E-state index in [0.29, 0.717) is 13.1 Å². The van der Waals surface area contributed by atoms with Crippen molar-refractivity contribution < 1.29 is 9.72 Å². The van der Waals surface area contributed by atoms with E-state index >= 15 is 0 Å². The second-order valence-corrected chi connectivity index (χ2v) is 5.23. The predicted molar refractivity (Wildman–Crippen MR) is 78.9 cm³/mol. The second-order valence-electron chi connectivity index (χ2n) is 5.23. The lowest BCUT2D eigenvalue weighted by atomic mass is 10.2. The molecule has 1 aliphatic heterocycles. The van der Waals surface area contributed by atoms with E-state index in [1.54, 1.807) is 12.1 Å². The number of non-ortho nitro benzene ring substituents is 1. The Morgan fingerprint density at radius 3 is 2.52 bits per heavy atom. The van der Waals surface area contributed by atoms with Crippen LogP contribution < -0.4 is 5.32 Å². The van der Waals surface area contributed by atoms with Crippen molar-refractivity contribution in [3.8, 4) is 0 Å². The number of benzene rings is 1. The van der Waals surface area contributed by atoms with Gasteiger partial charge in [0.2, 0.25) is 5.91 Å². The van der Waals surface area contributed by atoms with Crippen LogP contribution in [0.5, 0.6) is 0 Å². The smallest absolute Gasteiger partial charge is 0.269 e. The zero-order valence-corrected chi connectivity index (χ0v) is 12.1. The quantitative estimate of drug-likeness (QED) is 0.630. The van der Waals surface area contributed by atoms with Crippen molar-refractivity contribution >= 4 is 11.6 Å². The number of carbonyl (C=O) groups excluding carboxylic acids is 1. The van der Waals surface area contributed by atoms with E-state index in [9.17, 15) is 14.9 Å². The van der Waals surface area contributed by atoms with E-state index in [2.05, 4.69) is 5.32 Å². The van der Waals surface area contributed by atoms with Gasteiger partial charge in [0.05, 0.1) is 11.5 Å². The number of rotatable bonds is 5. The Morgan fingerprint density at radius 1 is 1.33 bits per heavy atom. The predicted octanol–water partition coefficient (Wildman–Crippen LogP) is 0.458. The molecule has 0 spiro atoms. The lowest BCUT2D eigenvalue weighted by Crippen LogP contribution is -2.49. The Morgan fingerprint density at radius 2 is 1.95 bits per heavy atom. The lowest BCUT2D eigenvalue weighted by Gasteiger charge is -2.29. The summed E-state index contributed by atoms with van der Waals surface area (Å²) in [5, 5.41) is 13.8. The van der Waals surface area contributed by atoms with Crippen LogP contribution in [-0.2, 0) is 11.3 Å². The van der Waals surface area contributed by atoms with Crippen molar-refractivity contribution in [2.45, 2.75) is 6.54 Å². The maximum Gasteiger partial charge on any atom is 0.269 e. The topological polar surface area (TPSA) is 78.7 Å². The van der Waals surface area contributed by atoms with E-state index in [-0.39, 0.29) is 11.6 Å². The third-order valence-electron chi connectivity index (χ3n) is 3.47. The largest absolute Gasteiger partial charge is 0.339 e. The maximum atomic E-state index is 12.1. The minimum absolute atomic E-state index is 0.0818. The first-order valence-electron chi connectivity index (χ1n) is 6.96. The third kappa shape index (κ3) is 4.51. The molecule has 1 saturated heterocycles. The van der Waals surface area contributed by atoms with Gasteiger partial charge in [0.1, 0.15) is 0 Å². The number of amides is 1. The standard InChI is InChI=1S/C14H20N4O3/c1-16(11-14(19)17-8-6-15-7-9-17)10-12-2-4-13(5-3-12)18(20)21/h2-5,15H,6-11H2,1H3. The molecular formula is C14H20N4O3. The summed E-state index contributed by atoms with van der Waals surface area (Å²) in [7, 11) is 1.88. The Bertz CT molecular complexity index is 497. The summed E-state index contributed by atoms with van der Waals surface area (Å²) in [6.45, 7) is 4.15. The highest BCUT2D eigenvalue weighted by atomic mass is 16.6. The number of likely N-dealkylation sites (N-methyl/N-ethyl adjacent to an activating group) is 1. The van der Waals surface area contributed by atoms with Gasteiger partial charge in [-0.3, -0.25) is 19.8 Å². The summed E-state index contributed by atoms with van der Waals surface area (Å²) >= 11 is 0. The molecule has 1 heterocycles. The molecule has 1 aliphatic rings. The molecule has 1 aromatic rings.